The van der Waals surface area contributed by atoms with Gasteiger partial charge in [0.15, 0.2) is 5.58 Å². The van der Waals surface area contributed by atoms with E-state index >= 15 is 0 Å². The predicted molar refractivity (Wildman–Crippen MR) is 101 cm³/mol. The van der Waals surface area contributed by atoms with Crippen molar-refractivity contribution in [2.75, 3.05) is 5.32 Å². The Bertz CT molecular complexity index is 1030. The van der Waals surface area contributed by atoms with Crippen LogP contribution in [0.15, 0.2) is 83.4 Å². The standard InChI is InChI=1S/C21H15N3O2/c25-20(13-12-16-5-3-4-14-22-16)23-17-10-8-15(9-11-17)21-24-18-6-1-2-7-19(18)26-21/h1-14H,(H,23,25). The maximum atomic E-state index is 12.0. The Morgan fingerprint density at radius 1 is 0.962 bits per heavy atom. The number of pyridine rings is 1. The third kappa shape index (κ3) is 3.52. The fraction of sp³-hybridized carbons (Fsp3) is 0. The fourth-order valence-electron chi connectivity index (χ4n) is 2.51. The molecule has 4 aromatic rings. The van der Waals surface area contributed by atoms with Gasteiger partial charge in [0.2, 0.25) is 11.8 Å². The van der Waals surface area contributed by atoms with Crippen LogP contribution in [-0.4, -0.2) is 15.9 Å². The van der Waals surface area contributed by atoms with E-state index in [0.717, 1.165) is 22.4 Å². The molecule has 0 aliphatic carbocycles. The van der Waals surface area contributed by atoms with Crippen LogP contribution in [0.4, 0.5) is 5.69 Å². The molecule has 4 rings (SSSR count). The highest BCUT2D eigenvalue weighted by Crippen LogP contribution is 2.25. The molecule has 2 aromatic carbocycles. The van der Waals surface area contributed by atoms with Gasteiger partial charge in [-0.25, -0.2) is 4.98 Å². The van der Waals surface area contributed by atoms with Crippen molar-refractivity contribution < 1.29 is 9.21 Å². The molecule has 0 radical (unpaired) electrons. The molecule has 0 unspecified atom stereocenters. The van der Waals surface area contributed by atoms with Crippen LogP contribution in [0.3, 0.4) is 0 Å². The van der Waals surface area contributed by atoms with Gasteiger partial charge in [0.25, 0.3) is 0 Å². The van der Waals surface area contributed by atoms with Gasteiger partial charge in [0.1, 0.15) is 5.52 Å². The van der Waals surface area contributed by atoms with E-state index in [1.54, 1.807) is 12.3 Å². The number of anilines is 1. The highest BCUT2D eigenvalue weighted by molar-refractivity contribution is 6.01. The molecule has 0 atom stereocenters. The quantitative estimate of drug-likeness (QED) is 0.553. The lowest BCUT2D eigenvalue weighted by molar-refractivity contribution is -0.111. The zero-order chi connectivity index (χ0) is 17.8. The van der Waals surface area contributed by atoms with Crippen LogP contribution in [-0.2, 0) is 4.79 Å². The first-order valence-electron chi connectivity index (χ1n) is 8.14. The predicted octanol–water partition coefficient (Wildman–Crippen LogP) is 4.54. The highest BCUT2D eigenvalue weighted by Gasteiger charge is 2.07. The third-order valence-electron chi connectivity index (χ3n) is 3.79. The summed E-state index contributed by atoms with van der Waals surface area (Å²) in [4.78, 5) is 20.6. The van der Waals surface area contributed by atoms with Gasteiger partial charge >= 0.3 is 0 Å². The molecule has 0 spiro atoms. The Labute approximate surface area is 150 Å². The number of nitrogens with one attached hydrogen (secondary N) is 1. The minimum Gasteiger partial charge on any atom is -0.436 e. The van der Waals surface area contributed by atoms with E-state index in [-0.39, 0.29) is 5.91 Å². The van der Waals surface area contributed by atoms with Gasteiger partial charge in [0, 0.05) is 23.5 Å². The van der Waals surface area contributed by atoms with Gasteiger partial charge in [-0.1, -0.05) is 18.2 Å². The Balaban J connectivity index is 1.45. The van der Waals surface area contributed by atoms with E-state index in [1.165, 1.54) is 6.08 Å². The molecule has 2 heterocycles. The maximum Gasteiger partial charge on any atom is 0.248 e. The first-order valence-corrected chi connectivity index (χ1v) is 8.14. The SMILES string of the molecule is O=C(C=Cc1ccccn1)Nc1ccc(-c2nc3ccccc3o2)cc1. The molecular formula is C21H15N3O2. The van der Waals surface area contributed by atoms with Gasteiger partial charge in [-0.3, -0.25) is 9.78 Å². The summed E-state index contributed by atoms with van der Waals surface area (Å²) in [6, 6.07) is 20.5. The number of aromatic nitrogens is 2. The van der Waals surface area contributed by atoms with Crippen molar-refractivity contribution >= 4 is 28.8 Å². The molecule has 5 heteroatoms. The largest absolute Gasteiger partial charge is 0.436 e. The van der Waals surface area contributed by atoms with Crippen LogP contribution < -0.4 is 5.32 Å². The van der Waals surface area contributed by atoms with Gasteiger partial charge in [0.05, 0.1) is 5.69 Å². The average molecular weight is 341 g/mol. The molecule has 26 heavy (non-hydrogen) atoms. The fourth-order valence-corrected chi connectivity index (χ4v) is 2.51. The summed E-state index contributed by atoms with van der Waals surface area (Å²) >= 11 is 0. The summed E-state index contributed by atoms with van der Waals surface area (Å²) in [5.41, 5.74) is 3.84. The van der Waals surface area contributed by atoms with Crippen LogP contribution >= 0.6 is 0 Å². The first-order chi connectivity index (χ1) is 12.8. The molecule has 0 bridgehead atoms. The number of carbonyl (C=O) groups excluding carboxylic acids is 1. The third-order valence-corrected chi connectivity index (χ3v) is 3.79. The molecule has 0 aliphatic rings. The van der Waals surface area contributed by atoms with E-state index in [9.17, 15) is 4.79 Å². The second kappa shape index (κ2) is 7.03. The number of para-hydroxylation sites is 2. The lowest BCUT2D eigenvalue weighted by Gasteiger charge is -2.02. The minimum atomic E-state index is -0.217. The van der Waals surface area contributed by atoms with Crippen LogP contribution in [0.5, 0.6) is 0 Å². The number of rotatable bonds is 4. The topological polar surface area (TPSA) is 68.0 Å². The maximum absolute atomic E-state index is 12.0. The normalized spacial score (nSPS) is 11.1. The van der Waals surface area contributed by atoms with Crippen molar-refractivity contribution in [1.29, 1.82) is 0 Å². The summed E-state index contributed by atoms with van der Waals surface area (Å²) in [6.07, 6.45) is 4.81. The van der Waals surface area contributed by atoms with Crippen LogP contribution in [0.25, 0.3) is 28.6 Å². The van der Waals surface area contributed by atoms with Gasteiger partial charge in [-0.05, 0) is 54.6 Å². The summed E-state index contributed by atoms with van der Waals surface area (Å²) in [5, 5.41) is 2.81. The van der Waals surface area contributed by atoms with E-state index in [4.69, 9.17) is 4.42 Å². The van der Waals surface area contributed by atoms with Gasteiger partial charge in [-0.2, -0.15) is 0 Å². The summed E-state index contributed by atoms with van der Waals surface area (Å²) < 4.78 is 5.75. The zero-order valence-corrected chi connectivity index (χ0v) is 13.8. The number of hydrogen-bond donors (Lipinski definition) is 1. The molecule has 126 valence electrons. The molecule has 1 N–H and O–H groups in total. The lowest BCUT2D eigenvalue weighted by Crippen LogP contribution is -2.07. The number of benzene rings is 2. The Kier molecular flexibility index (Phi) is 4.26. The van der Waals surface area contributed by atoms with Gasteiger partial charge in [-0.15, -0.1) is 0 Å². The molecule has 0 fully saturated rings. The zero-order valence-electron chi connectivity index (χ0n) is 13.8. The highest BCUT2D eigenvalue weighted by atomic mass is 16.3. The molecular weight excluding hydrogens is 326 g/mol. The Morgan fingerprint density at radius 3 is 2.54 bits per heavy atom. The van der Waals surface area contributed by atoms with E-state index < -0.39 is 0 Å². The van der Waals surface area contributed by atoms with Crippen molar-refractivity contribution in [1.82, 2.24) is 9.97 Å². The van der Waals surface area contributed by atoms with Crippen molar-refractivity contribution in [3.8, 4) is 11.5 Å². The van der Waals surface area contributed by atoms with Crippen LogP contribution in [0.2, 0.25) is 0 Å². The smallest absolute Gasteiger partial charge is 0.248 e. The number of nitrogens with zero attached hydrogens (tertiary/aromatic N) is 2. The van der Waals surface area contributed by atoms with Crippen LogP contribution in [0, 0.1) is 0 Å². The van der Waals surface area contributed by atoms with Crippen molar-refractivity contribution in [3.05, 3.63) is 84.7 Å². The molecule has 0 saturated heterocycles. The minimum absolute atomic E-state index is 0.217. The molecule has 1 amide bonds. The summed E-state index contributed by atoms with van der Waals surface area (Å²) in [5.74, 6) is 0.337. The van der Waals surface area contributed by atoms with Crippen molar-refractivity contribution in [2.45, 2.75) is 0 Å². The Morgan fingerprint density at radius 2 is 1.77 bits per heavy atom. The monoisotopic (exact) mass is 341 g/mol. The number of oxazole rings is 1. The van der Waals surface area contributed by atoms with E-state index in [1.807, 2.05) is 66.7 Å². The lowest BCUT2D eigenvalue weighted by atomic mass is 10.2. The number of fused-ring (bicyclic) bond motifs is 1. The summed E-state index contributed by atoms with van der Waals surface area (Å²) in [6.45, 7) is 0. The average Bonchev–Trinajstić information content (AvgIpc) is 3.12. The van der Waals surface area contributed by atoms with E-state index in [0.29, 0.717) is 11.6 Å². The van der Waals surface area contributed by atoms with E-state index in [2.05, 4.69) is 15.3 Å². The van der Waals surface area contributed by atoms with Crippen molar-refractivity contribution in [2.24, 2.45) is 0 Å². The second-order valence-electron chi connectivity index (χ2n) is 5.64. The Hall–Kier alpha value is -3.73. The van der Waals surface area contributed by atoms with Gasteiger partial charge < -0.3 is 9.73 Å². The number of amides is 1. The van der Waals surface area contributed by atoms with Crippen molar-refractivity contribution in [3.63, 3.8) is 0 Å². The molecule has 0 aliphatic heterocycles. The first kappa shape index (κ1) is 15.8. The molecule has 0 saturated carbocycles. The molecule has 5 nitrogen and oxygen atoms in total. The summed E-state index contributed by atoms with van der Waals surface area (Å²) in [7, 11) is 0. The van der Waals surface area contributed by atoms with Crippen LogP contribution in [0.1, 0.15) is 5.69 Å². The number of carbonyl (C=O) groups is 1. The second-order valence-corrected chi connectivity index (χ2v) is 5.64. The molecule has 2 aromatic heterocycles. The number of hydrogen-bond acceptors (Lipinski definition) is 4.